The zero-order chi connectivity index (χ0) is 17.6. The molecular weight excluding hydrogens is 316 g/mol. The molecule has 2 bridgehead atoms. The Hall–Kier alpha value is -2.62. The van der Waals surface area contributed by atoms with E-state index in [1.807, 2.05) is 55.5 Å². The molecule has 0 amide bonds. The highest BCUT2D eigenvalue weighted by Gasteiger charge is 2.53. The van der Waals surface area contributed by atoms with Crippen LogP contribution < -0.4 is 5.11 Å². The van der Waals surface area contributed by atoms with Gasteiger partial charge in [-0.25, -0.2) is 0 Å². The Morgan fingerprint density at radius 1 is 0.880 bits per heavy atom. The highest BCUT2D eigenvalue weighted by molar-refractivity contribution is 5.86. The lowest BCUT2D eigenvalue weighted by Crippen LogP contribution is -2.51. The van der Waals surface area contributed by atoms with E-state index in [1.54, 1.807) is 0 Å². The van der Waals surface area contributed by atoms with Crippen molar-refractivity contribution in [3.8, 4) is 0 Å². The summed E-state index contributed by atoms with van der Waals surface area (Å²) in [5.41, 5.74) is 4.03. The molecule has 0 radical (unpaired) electrons. The lowest BCUT2D eigenvalue weighted by Gasteiger charge is -2.49. The van der Waals surface area contributed by atoms with Crippen LogP contribution in [0, 0.1) is 11.8 Å². The standard InChI is InChI=1S/C21H20O4/c1-2-11-25-21(24)19-17-14-9-5-3-7-12(14)16(18(19)20(22)23)13-8-4-6-10-15(13)17/h3-10,16-19H,2,11H2,1H3,(H,22,23)/p-1/t16?,17?,18-,19+/m0/s1. The predicted molar refractivity (Wildman–Crippen MR) is 89.8 cm³/mol. The summed E-state index contributed by atoms with van der Waals surface area (Å²) >= 11 is 0. The second kappa shape index (κ2) is 6.03. The van der Waals surface area contributed by atoms with Gasteiger partial charge in [0.15, 0.2) is 0 Å². The number of ether oxygens (including phenoxy) is 1. The van der Waals surface area contributed by atoms with Crippen LogP contribution in [0.4, 0.5) is 0 Å². The molecule has 0 aromatic heterocycles. The molecule has 3 aliphatic carbocycles. The maximum absolute atomic E-state index is 12.8. The molecule has 4 nitrogen and oxygen atoms in total. The fraction of sp³-hybridized carbons (Fsp3) is 0.333. The Labute approximate surface area is 146 Å². The highest BCUT2D eigenvalue weighted by atomic mass is 16.5. The number of carboxylic acid groups (broad SMARTS) is 1. The van der Waals surface area contributed by atoms with Crippen molar-refractivity contribution in [1.29, 1.82) is 0 Å². The number of benzene rings is 2. The van der Waals surface area contributed by atoms with Crippen LogP contribution in [0.1, 0.15) is 47.4 Å². The fourth-order valence-electron chi connectivity index (χ4n) is 4.54. The Balaban J connectivity index is 1.92. The maximum Gasteiger partial charge on any atom is 0.310 e. The van der Waals surface area contributed by atoms with Gasteiger partial charge in [-0.15, -0.1) is 0 Å². The lowest BCUT2D eigenvalue weighted by molar-refractivity contribution is -0.314. The fourth-order valence-corrected chi connectivity index (χ4v) is 4.54. The van der Waals surface area contributed by atoms with E-state index in [1.165, 1.54) is 0 Å². The molecule has 0 saturated heterocycles. The van der Waals surface area contributed by atoms with Gasteiger partial charge in [-0.1, -0.05) is 55.5 Å². The molecule has 2 aromatic carbocycles. The molecule has 5 rings (SSSR count). The number of fused-ring (bicyclic) bond motifs is 1. The summed E-state index contributed by atoms with van der Waals surface area (Å²) in [4.78, 5) is 24.8. The van der Waals surface area contributed by atoms with Crippen LogP contribution in [0.25, 0.3) is 0 Å². The van der Waals surface area contributed by atoms with Crippen molar-refractivity contribution in [3.05, 3.63) is 70.8 Å². The zero-order valence-corrected chi connectivity index (χ0v) is 14.0. The van der Waals surface area contributed by atoms with Crippen molar-refractivity contribution >= 4 is 11.9 Å². The number of hydrogen-bond donors (Lipinski definition) is 0. The van der Waals surface area contributed by atoms with Crippen LogP contribution in [0.15, 0.2) is 48.5 Å². The minimum atomic E-state index is -1.18. The van der Waals surface area contributed by atoms with Gasteiger partial charge in [0.05, 0.1) is 12.5 Å². The van der Waals surface area contributed by atoms with Gasteiger partial charge in [-0.05, 0) is 28.7 Å². The monoisotopic (exact) mass is 335 g/mol. The minimum Gasteiger partial charge on any atom is -0.550 e. The molecule has 0 aliphatic heterocycles. The van der Waals surface area contributed by atoms with Crippen LogP contribution in [-0.4, -0.2) is 18.5 Å². The summed E-state index contributed by atoms with van der Waals surface area (Å²) in [5.74, 6) is -3.94. The number of esters is 1. The average molecular weight is 335 g/mol. The van der Waals surface area contributed by atoms with Crippen molar-refractivity contribution in [2.45, 2.75) is 25.2 Å². The molecule has 128 valence electrons. The molecule has 0 heterocycles. The van der Waals surface area contributed by atoms with Crippen LogP contribution in [0.3, 0.4) is 0 Å². The van der Waals surface area contributed by atoms with E-state index in [2.05, 4.69) is 0 Å². The molecule has 0 fully saturated rings. The normalized spacial score (nSPS) is 25.8. The summed E-state index contributed by atoms with van der Waals surface area (Å²) in [7, 11) is 0. The van der Waals surface area contributed by atoms with Crippen molar-refractivity contribution in [1.82, 2.24) is 0 Å². The first kappa shape index (κ1) is 15.9. The van der Waals surface area contributed by atoms with Crippen molar-refractivity contribution in [3.63, 3.8) is 0 Å². The zero-order valence-electron chi connectivity index (χ0n) is 14.0. The van der Waals surface area contributed by atoms with E-state index in [-0.39, 0.29) is 11.8 Å². The number of hydrogen-bond acceptors (Lipinski definition) is 4. The Morgan fingerprint density at radius 2 is 1.32 bits per heavy atom. The van der Waals surface area contributed by atoms with Gasteiger partial charge < -0.3 is 14.6 Å². The predicted octanol–water partition coefficient (Wildman–Crippen LogP) is 2.21. The average Bonchev–Trinajstić information content (AvgIpc) is 2.65. The third kappa shape index (κ3) is 2.28. The first-order valence-corrected chi connectivity index (χ1v) is 8.70. The van der Waals surface area contributed by atoms with E-state index in [0.717, 1.165) is 22.3 Å². The molecule has 0 N–H and O–H groups in total. The molecule has 2 aromatic rings. The van der Waals surface area contributed by atoms with E-state index in [9.17, 15) is 14.7 Å². The van der Waals surface area contributed by atoms with E-state index < -0.39 is 23.8 Å². The molecule has 0 saturated carbocycles. The molecule has 3 aliphatic rings. The van der Waals surface area contributed by atoms with Gasteiger partial charge in [0.2, 0.25) is 0 Å². The van der Waals surface area contributed by atoms with Crippen LogP contribution in [0.5, 0.6) is 0 Å². The lowest BCUT2D eigenvalue weighted by atomic mass is 9.54. The number of rotatable bonds is 4. The first-order chi connectivity index (χ1) is 12.1. The van der Waals surface area contributed by atoms with Gasteiger partial charge >= 0.3 is 5.97 Å². The van der Waals surface area contributed by atoms with Crippen LogP contribution in [-0.2, 0) is 14.3 Å². The van der Waals surface area contributed by atoms with Crippen LogP contribution in [0.2, 0.25) is 0 Å². The summed E-state index contributed by atoms with van der Waals surface area (Å²) in [6, 6.07) is 15.6. The van der Waals surface area contributed by atoms with Gasteiger partial charge in [-0.3, -0.25) is 4.79 Å². The van der Waals surface area contributed by atoms with Gasteiger partial charge in [0, 0.05) is 23.7 Å². The van der Waals surface area contributed by atoms with E-state index in [4.69, 9.17) is 4.74 Å². The minimum absolute atomic E-state index is 0.301. The number of carboxylic acids is 1. The molecule has 4 heteroatoms. The second-order valence-electron chi connectivity index (χ2n) is 6.75. The largest absolute Gasteiger partial charge is 0.550 e. The second-order valence-corrected chi connectivity index (χ2v) is 6.75. The van der Waals surface area contributed by atoms with Crippen molar-refractivity contribution in [2.75, 3.05) is 6.61 Å². The smallest absolute Gasteiger partial charge is 0.310 e. The molecule has 2 atom stereocenters. The van der Waals surface area contributed by atoms with E-state index in [0.29, 0.717) is 13.0 Å². The summed E-state index contributed by atoms with van der Waals surface area (Å²) < 4.78 is 5.36. The molecule has 25 heavy (non-hydrogen) atoms. The number of aliphatic carboxylic acids is 1. The van der Waals surface area contributed by atoms with Gasteiger partial charge in [0.25, 0.3) is 0 Å². The molecule has 0 unspecified atom stereocenters. The summed E-state index contributed by atoms with van der Waals surface area (Å²) in [5, 5.41) is 12.0. The number of carbonyl (C=O) groups is 2. The quantitative estimate of drug-likeness (QED) is 0.804. The van der Waals surface area contributed by atoms with Gasteiger partial charge in [-0.2, -0.15) is 0 Å². The third-order valence-electron chi connectivity index (χ3n) is 5.43. The Bertz CT molecular complexity index is 794. The van der Waals surface area contributed by atoms with Crippen LogP contribution >= 0.6 is 0 Å². The Morgan fingerprint density at radius 3 is 1.72 bits per heavy atom. The van der Waals surface area contributed by atoms with Crippen molar-refractivity contribution < 1.29 is 19.4 Å². The van der Waals surface area contributed by atoms with E-state index >= 15 is 0 Å². The number of carbonyl (C=O) groups excluding carboxylic acids is 2. The SMILES string of the molecule is CCCOC(=O)[C@@H]1C2c3ccccc3C(c3ccccc32)[C@@H]1C(=O)[O-]. The third-order valence-corrected chi connectivity index (χ3v) is 5.43. The highest BCUT2D eigenvalue weighted by Crippen LogP contribution is 2.58. The first-order valence-electron chi connectivity index (χ1n) is 8.70. The Kier molecular flexibility index (Phi) is 3.83. The summed E-state index contributed by atoms with van der Waals surface area (Å²) in [6.07, 6.45) is 0.704. The maximum atomic E-state index is 12.8. The van der Waals surface area contributed by atoms with Crippen molar-refractivity contribution in [2.24, 2.45) is 11.8 Å². The van der Waals surface area contributed by atoms with Gasteiger partial charge in [0.1, 0.15) is 0 Å². The molecular formula is C21H19O4-. The summed E-state index contributed by atoms with van der Waals surface area (Å²) in [6.45, 7) is 2.22. The topological polar surface area (TPSA) is 66.4 Å². The molecule has 0 spiro atoms.